The number of hydrogen-bond acceptors (Lipinski definition) is 5. The van der Waals surface area contributed by atoms with Crippen LogP contribution in [0.2, 0.25) is 0 Å². The maximum Gasteiger partial charge on any atom is 0.343 e. The van der Waals surface area contributed by atoms with Gasteiger partial charge in [0.2, 0.25) is 5.91 Å². The van der Waals surface area contributed by atoms with Gasteiger partial charge in [-0.1, -0.05) is 18.7 Å². The SMILES string of the molecule is C=CC(=O)NCc1ccc(C(=O)Oc2ccc(C(C)=O)cc2OC)cc1. The molecular weight excluding hydrogens is 334 g/mol. The van der Waals surface area contributed by atoms with Crippen LogP contribution in [0.3, 0.4) is 0 Å². The topological polar surface area (TPSA) is 81.7 Å². The molecule has 6 heteroatoms. The van der Waals surface area contributed by atoms with Crippen LogP contribution in [0.15, 0.2) is 55.1 Å². The van der Waals surface area contributed by atoms with Crippen LogP contribution in [0.25, 0.3) is 0 Å². The van der Waals surface area contributed by atoms with Crippen molar-refractivity contribution in [2.45, 2.75) is 13.5 Å². The highest BCUT2D eigenvalue weighted by molar-refractivity contribution is 5.95. The van der Waals surface area contributed by atoms with Crippen LogP contribution in [-0.4, -0.2) is 24.8 Å². The van der Waals surface area contributed by atoms with E-state index in [-0.39, 0.29) is 17.4 Å². The third kappa shape index (κ3) is 4.80. The van der Waals surface area contributed by atoms with Gasteiger partial charge in [-0.05, 0) is 48.9 Å². The van der Waals surface area contributed by atoms with Crippen molar-refractivity contribution in [3.63, 3.8) is 0 Å². The number of benzene rings is 2. The van der Waals surface area contributed by atoms with Gasteiger partial charge < -0.3 is 14.8 Å². The summed E-state index contributed by atoms with van der Waals surface area (Å²) in [6.45, 7) is 5.15. The van der Waals surface area contributed by atoms with E-state index in [1.54, 1.807) is 30.3 Å². The number of carbonyl (C=O) groups excluding carboxylic acids is 3. The third-order valence-corrected chi connectivity index (χ3v) is 3.61. The number of ketones is 1. The monoisotopic (exact) mass is 353 g/mol. The van der Waals surface area contributed by atoms with E-state index >= 15 is 0 Å². The predicted octanol–water partition coefficient (Wildman–Crippen LogP) is 2.92. The molecule has 2 rings (SSSR count). The highest BCUT2D eigenvalue weighted by Gasteiger charge is 2.14. The van der Waals surface area contributed by atoms with Crippen molar-refractivity contribution >= 4 is 17.7 Å². The van der Waals surface area contributed by atoms with Crippen LogP contribution in [0, 0.1) is 0 Å². The molecule has 1 N–H and O–H groups in total. The van der Waals surface area contributed by atoms with E-state index in [2.05, 4.69) is 11.9 Å². The number of carbonyl (C=O) groups is 3. The van der Waals surface area contributed by atoms with Gasteiger partial charge in [0.05, 0.1) is 12.7 Å². The highest BCUT2D eigenvalue weighted by Crippen LogP contribution is 2.29. The number of esters is 1. The number of hydrogen-bond donors (Lipinski definition) is 1. The number of methoxy groups -OCH3 is 1. The van der Waals surface area contributed by atoms with E-state index in [4.69, 9.17) is 9.47 Å². The second-order valence-electron chi connectivity index (χ2n) is 5.43. The fourth-order valence-corrected chi connectivity index (χ4v) is 2.15. The van der Waals surface area contributed by atoms with E-state index in [1.165, 1.54) is 32.2 Å². The van der Waals surface area contributed by atoms with Crippen molar-refractivity contribution < 1.29 is 23.9 Å². The Balaban J connectivity index is 2.09. The number of ether oxygens (including phenoxy) is 2. The summed E-state index contributed by atoms with van der Waals surface area (Å²) in [5.74, 6) is -0.407. The van der Waals surface area contributed by atoms with E-state index in [1.807, 2.05) is 0 Å². The molecule has 0 spiro atoms. The largest absolute Gasteiger partial charge is 0.493 e. The molecule has 0 aliphatic heterocycles. The van der Waals surface area contributed by atoms with Gasteiger partial charge in [-0.15, -0.1) is 0 Å². The maximum absolute atomic E-state index is 12.3. The van der Waals surface area contributed by atoms with Gasteiger partial charge >= 0.3 is 5.97 Å². The molecule has 0 heterocycles. The minimum atomic E-state index is -0.555. The molecule has 0 unspecified atom stereocenters. The average Bonchev–Trinajstić information content (AvgIpc) is 2.66. The van der Waals surface area contributed by atoms with Gasteiger partial charge in [0, 0.05) is 12.1 Å². The number of rotatable bonds is 7. The second kappa shape index (κ2) is 8.62. The van der Waals surface area contributed by atoms with Crippen molar-refractivity contribution in [2.75, 3.05) is 7.11 Å². The first-order valence-corrected chi connectivity index (χ1v) is 7.85. The van der Waals surface area contributed by atoms with Gasteiger partial charge in [0.1, 0.15) is 0 Å². The lowest BCUT2D eigenvalue weighted by Gasteiger charge is -2.10. The summed E-state index contributed by atoms with van der Waals surface area (Å²) in [5, 5.41) is 2.65. The second-order valence-corrected chi connectivity index (χ2v) is 5.43. The molecule has 0 bridgehead atoms. The minimum absolute atomic E-state index is 0.111. The average molecular weight is 353 g/mol. The Bertz CT molecular complexity index is 840. The maximum atomic E-state index is 12.3. The Morgan fingerprint density at radius 1 is 1.04 bits per heavy atom. The van der Waals surface area contributed by atoms with Gasteiger partial charge in [0.25, 0.3) is 0 Å². The van der Waals surface area contributed by atoms with Crippen LogP contribution >= 0.6 is 0 Å². The zero-order valence-electron chi connectivity index (χ0n) is 14.6. The van der Waals surface area contributed by atoms with E-state index in [0.29, 0.717) is 23.4 Å². The fraction of sp³-hybridized carbons (Fsp3) is 0.150. The summed E-state index contributed by atoms with van der Waals surface area (Å²) in [6, 6.07) is 11.3. The normalized spacial score (nSPS) is 9.92. The van der Waals surface area contributed by atoms with E-state index in [9.17, 15) is 14.4 Å². The van der Waals surface area contributed by atoms with Crippen LogP contribution in [0.4, 0.5) is 0 Å². The van der Waals surface area contributed by atoms with E-state index < -0.39 is 5.97 Å². The highest BCUT2D eigenvalue weighted by atomic mass is 16.6. The molecule has 2 aromatic carbocycles. The molecule has 0 fully saturated rings. The lowest BCUT2D eigenvalue weighted by atomic mass is 10.1. The molecule has 0 aromatic heterocycles. The van der Waals surface area contributed by atoms with E-state index in [0.717, 1.165) is 5.56 Å². The first-order chi connectivity index (χ1) is 12.4. The van der Waals surface area contributed by atoms with Crippen molar-refractivity contribution in [2.24, 2.45) is 0 Å². The molecule has 0 atom stereocenters. The molecule has 0 saturated heterocycles. The molecule has 0 aliphatic rings. The van der Waals surface area contributed by atoms with Gasteiger partial charge in [-0.25, -0.2) is 4.79 Å². The van der Waals surface area contributed by atoms with Gasteiger partial charge in [0.15, 0.2) is 17.3 Å². The lowest BCUT2D eigenvalue weighted by Crippen LogP contribution is -2.20. The summed E-state index contributed by atoms with van der Waals surface area (Å²) in [5.41, 5.74) is 1.65. The molecular formula is C20H19NO5. The molecule has 2 aromatic rings. The standard InChI is InChI=1S/C20H19NO5/c1-4-19(23)21-12-14-5-7-15(8-6-14)20(24)26-17-10-9-16(13(2)22)11-18(17)25-3/h4-11H,1,12H2,2-3H3,(H,21,23). The summed E-state index contributed by atoms with van der Waals surface area (Å²) in [6.07, 6.45) is 1.19. The third-order valence-electron chi connectivity index (χ3n) is 3.61. The smallest absolute Gasteiger partial charge is 0.343 e. The summed E-state index contributed by atoms with van der Waals surface area (Å²) in [4.78, 5) is 34.9. The predicted molar refractivity (Wildman–Crippen MR) is 96.4 cm³/mol. The Kier molecular flexibility index (Phi) is 6.27. The van der Waals surface area contributed by atoms with Crippen LogP contribution in [0.1, 0.15) is 33.2 Å². The van der Waals surface area contributed by atoms with Crippen LogP contribution < -0.4 is 14.8 Å². The molecule has 6 nitrogen and oxygen atoms in total. The molecule has 26 heavy (non-hydrogen) atoms. The first kappa shape index (κ1) is 18.9. The molecule has 134 valence electrons. The Morgan fingerprint density at radius 2 is 1.69 bits per heavy atom. The van der Waals surface area contributed by atoms with Crippen molar-refractivity contribution in [1.82, 2.24) is 5.32 Å². The van der Waals surface area contributed by atoms with Crippen LogP contribution in [-0.2, 0) is 11.3 Å². The summed E-state index contributed by atoms with van der Waals surface area (Å²) < 4.78 is 10.5. The first-order valence-electron chi connectivity index (χ1n) is 7.85. The Morgan fingerprint density at radius 3 is 2.27 bits per heavy atom. The Hall–Kier alpha value is -3.41. The Labute approximate surface area is 151 Å². The summed E-state index contributed by atoms with van der Waals surface area (Å²) in [7, 11) is 1.43. The van der Waals surface area contributed by atoms with Crippen molar-refractivity contribution in [3.05, 3.63) is 71.8 Å². The molecule has 0 saturated carbocycles. The van der Waals surface area contributed by atoms with Crippen molar-refractivity contribution in [3.8, 4) is 11.5 Å². The number of Topliss-reactive ketones (excluding diaryl/α,β-unsaturated/α-hetero) is 1. The quantitative estimate of drug-likeness (QED) is 0.358. The number of nitrogens with one attached hydrogen (secondary N) is 1. The minimum Gasteiger partial charge on any atom is -0.493 e. The molecule has 0 radical (unpaired) electrons. The number of amides is 1. The van der Waals surface area contributed by atoms with Crippen LogP contribution in [0.5, 0.6) is 11.5 Å². The lowest BCUT2D eigenvalue weighted by molar-refractivity contribution is -0.116. The molecule has 0 aliphatic carbocycles. The van der Waals surface area contributed by atoms with Gasteiger partial charge in [-0.3, -0.25) is 9.59 Å². The summed E-state index contributed by atoms with van der Waals surface area (Å²) >= 11 is 0. The fourth-order valence-electron chi connectivity index (χ4n) is 2.15. The van der Waals surface area contributed by atoms with Crippen molar-refractivity contribution in [1.29, 1.82) is 0 Å². The zero-order valence-corrected chi connectivity index (χ0v) is 14.6. The van der Waals surface area contributed by atoms with Gasteiger partial charge in [-0.2, -0.15) is 0 Å². The zero-order chi connectivity index (χ0) is 19.1. The molecule has 1 amide bonds.